The van der Waals surface area contributed by atoms with Crippen molar-refractivity contribution in [3.8, 4) is 5.75 Å². The molecule has 0 fully saturated rings. The zero-order valence-electron chi connectivity index (χ0n) is 11.8. The van der Waals surface area contributed by atoms with Crippen molar-refractivity contribution in [2.45, 2.75) is 27.2 Å². The van der Waals surface area contributed by atoms with Crippen LogP contribution >= 0.6 is 0 Å². The van der Waals surface area contributed by atoms with E-state index < -0.39 is 5.82 Å². The molecular formula is C15H22FNO2. The van der Waals surface area contributed by atoms with Gasteiger partial charge < -0.3 is 5.11 Å². The van der Waals surface area contributed by atoms with Crippen molar-refractivity contribution < 1.29 is 14.3 Å². The maximum absolute atomic E-state index is 13.1. The van der Waals surface area contributed by atoms with Gasteiger partial charge in [0, 0.05) is 6.54 Å². The van der Waals surface area contributed by atoms with Crippen LogP contribution in [0.25, 0.3) is 0 Å². The molecule has 0 aliphatic heterocycles. The predicted octanol–water partition coefficient (Wildman–Crippen LogP) is 3.08. The average molecular weight is 267 g/mol. The average Bonchev–Trinajstić information content (AvgIpc) is 2.40. The first-order valence-corrected chi connectivity index (χ1v) is 6.72. The fraction of sp³-hybridized carbons (Fsp3) is 0.533. The highest BCUT2D eigenvalue weighted by Gasteiger charge is 2.16. The number of hydrogen-bond acceptors (Lipinski definition) is 3. The van der Waals surface area contributed by atoms with Crippen molar-refractivity contribution in [3.05, 3.63) is 29.6 Å². The first-order valence-electron chi connectivity index (χ1n) is 6.72. The molecule has 0 heterocycles. The third-order valence-electron chi connectivity index (χ3n) is 3.34. The Balaban J connectivity index is 2.74. The van der Waals surface area contributed by atoms with Gasteiger partial charge in [-0.1, -0.05) is 27.2 Å². The molecule has 0 aliphatic rings. The first kappa shape index (κ1) is 15.6. The molecule has 1 aromatic rings. The summed E-state index contributed by atoms with van der Waals surface area (Å²) in [6, 6.07) is 3.45. The van der Waals surface area contributed by atoms with Crippen LogP contribution in [0.15, 0.2) is 18.2 Å². The minimum absolute atomic E-state index is 0.0580. The van der Waals surface area contributed by atoms with Crippen LogP contribution in [0, 0.1) is 11.7 Å². The number of phenolic OH excluding ortho intramolecular Hbond substituents is 1. The zero-order chi connectivity index (χ0) is 14.4. The molecule has 0 aliphatic carbocycles. The summed E-state index contributed by atoms with van der Waals surface area (Å²) in [6.45, 7) is 8.02. The maximum Gasteiger partial charge on any atom is 0.180 e. The summed E-state index contributed by atoms with van der Waals surface area (Å²) in [5.41, 5.74) is 0.0580. The number of aromatic hydroxyl groups is 1. The lowest BCUT2D eigenvalue weighted by Crippen LogP contribution is -2.33. The van der Waals surface area contributed by atoms with Gasteiger partial charge in [0.1, 0.15) is 11.6 Å². The van der Waals surface area contributed by atoms with Crippen LogP contribution in [0.4, 0.5) is 4.39 Å². The number of likely N-dealkylation sites (N-methyl/N-ethyl adjacent to an activating group) is 1. The number of rotatable bonds is 7. The molecule has 3 nitrogen and oxygen atoms in total. The number of benzene rings is 1. The molecule has 1 N–H and O–H groups in total. The van der Waals surface area contributed by atoms with Crippen LogP contribution in [0.2, 0.25) is 0 Å². The van der Waals surface area contributed by atoms with Crippen LogP contribution in [0.3, 0.4) is 0 Å². The van der Waals surface area contributed by atoms with Crippen molar-refractivity contribution in [1.29, 1.82) is 0 Å². The van der Waals surface area contributed by atoms with Crippen molar-refractivity contribution in [2.24, 2.45) is 5.92 Å². The number of hydrogen-bond donors (Lipinski definition) is 1. The second-order valence-corrected chi connectivity index (χ2v) is 4.93. The van der Waals surface area contributed by atoms with Crippen LogP contribution in [0.1, 0.15) is 37.6 Å². The van der Waals surface area contributed by atoms with Crippen LogP contribution in [-0.4, -0.2) is 35.4 Å². The predicted molar refractivity (Wildman–Crippen MR) is 74.0 cm³/mol. The summed E-state index contributed by atoms with van der Waals surface area (Å²) < 4.78 is 13.1. The van der Waals surface area contributed by atoms with Crippen molar-refractivity contribution in [1.82, 2.24) is 4.90 Å². The van der Waals surface area contributed by atoms with E-state index in [0.717, 1.165) is 31.6 Å². The number of phenols is 1. The van der Waals surface area contributed by atoms with Crippen molar-refractivity contribution >= 4 is 5.78 Å². The van der Waals surface area contributed by atoms with Gasteiger partial charge in [0.2, 0.25) is 0 Å². The summed E-state index contributed by atoms with van der Waals surface area (Å²) in [7, 11) is 0. The molecule has 1 aromatic carbocycles. The van der Waals surface area contributed by atoms with E-state index in [4.69, 9.17) is 0 Å². The molecular weight excluding hydrogens is 245 g/mol. The maximum atomic E-state index is 13.1. The van der Waals surface area contributed by atoms with Gasteiger partial charge in [-0.2, -0.15) is 0 Å². The zero-order valence-corrected chi connectivity index (χ0v) is 11.8. The number of Topliss-reactive ketones (excluding diaryl/α,β-unsaturated/α-hetero) is 1. The standard InChI is InChI=1S/C15H22FNO2/c1-4-11(3)9-17(5-2)10-15(19)13-8-12(16)6-7-14(13)18/h6-8,11,18H,4-5,9-10H2,1-3H3. The van der Waals surface area contributed by atoms with Crippen molar-refractivity contribution in [2.75, 3.05) is 19.6 Å². The Hall–Kier alpha value is -1.42. The number of halogens is 1. The fourth-order valence-corrected chi connectivity index (χ4v) is 1.90. The Bertz CT molecular complexity index is 434. The number of ketones is 1. The molecule has 0 amide bonds. The largest absolute Gasteiger partial charge is 0.507 e. The molecule has 0 saturated heterocycles. The van der Waals surface area contributed by atoms with Gasteiger partial charge in [0.15, 0.2) is 5.78 Å². The van der Waals surface area contributed by atoms with Gasteiger partial charge in [-0.25, -0.2) is 4.39 Å². The van der Waals surface area contributed by atoms with Crippen molar-refractivity contribution in [3.63, 3.8) is 0 Å². The van der Waals surface area contributed by atoms with Gasteiger partial charge in [-0.15, -0.1) is 0 Å². The second-order valence-electron chi connectivity index (χ2n) is 4.93. The summed E-state index contributed by atoms with van der Waals surface area (Å²) in [5.74, 6) is -0.409. The second kappa shape index (κ2) is 7.24. The molecule has 0 radical (unpaired) electrons. The summed E-state index contributed by atoms with van der Waals surface area (Å²) in [4.78, 5) is 14.1. The van der Waals surface area contributed by atoms with Crippen LogP contribution in [0.5, 0.6) is 5.75 Å². The third-order valence-corrected chi connectivity index (χ3v) is 3.34. The number of nitrogens with zero attached hydrogens (tertiary/aromatic N) is 1. The molecule has 1 rings (SSSR count). The quantitative estimate of drug-likeness (QED) is 0.772. The minimum Gasteiger partial charge on any atom is -0.507 e. The van der Waals surface area contributed by atoms with E-state index in [9.17, 15) is 14.3 Å². The SMILES string of the molecule is CCC(C)CN(CC)CC(=O)c1cc(F)ccc1O. The Labute approximate surface area is 114 Å². The fourth-order valence-electron chi connectivity index (χ4n) is 1.90. The lowest BCUT2D eigenvalue weighted by atomic mass is 10.1. The molecule has 0 spiro atoms. The van der Waals surface area contributed by atoms with E-state index in [-0.39, 0.29) is 23.6 Å². The molecule has 1 unspecified atom stereocenters. The van der Waals surface area contributed by atoms with Crippen LogP contribution < -0.4 is 0 Å². The molecule has 0 aromatic heterocycles. The Morgan fingerprint density at radius 2 is 2.11 bits per heavy atom. The van der Waals surface area contributed by atoms with Gasteiger partial charge in [-0.3, -0.25) is 9.69 Å². The topological polar surface area (TPSA) is 40.5 Å². The lowest BCUT2D eigenvalue weighted by Gasteiger charge is -2.23. The van der Waals surface area contributed by atoms with E-state index >= 15 is 0 Å². The summed E-state index contributed by atoms with van der Waals surface area (Å²) >= 11 is 0. The molecule has 1 atom stereocenters. The first-order chi connectivity index (χ1) is 8.97. The smallest absolute Gasteiger partial charge is 0.180 e. The highest BCUT2D eigenvalue weighted by atomic mass is 19.1. The highest BCUT2D eigenvalue weighted by Crippen LogP contribution is 2.19. The Morgan fingerprint density at radius 3 is 2.68 bits per heavy atom. The minimum atomic E-state index is -0.508. The summed E-state index contributed by atoms with van der Waals surface area (Å²) in [5, 5.41) is 9.61. The van der Waals surface area contributed by atoms with Gasteiger partial charge in [0.25, 0.3) is 0 Å². The molecule has 4 heteroatoms. The van der Waals surface area contributed by atoms with E-state index in [1.54, 1.807) is 0 Å². The Kier molecular flexibility index (Phi) is 5.96. The Morgan fingerprint density at radius 1 is 1.42 bits per heavy atom. The van der Waals surface area contributed by atoms with Gasteiger partial charge in [0.05, 0.1) is 12.1 Å². The summed E-state index contributed by atoms with van der Waals surface area (Å²) in [6.07, 6.45) is 1.05. The third kappa shape index (κ3) is 4.63. The van der Waals surface area contributed by atoms with E-state index in [0.29, 0.717) is 5.92 Å². The van der Waals surface area contributed by atoms with Gasteiger partial charge >= 0.3 is 0 Å². The normalized spacial score (nSPS) is 12.7. The number of carbonyl (C=O) groups excluding carboxylic acids is 1. The molecule has 19 heavy (non-hydrogen) atoms. The van der Waals surface area contributed by atoms with Crippen LogP contribution in [-0.2, 0) is 0 Å². The molecule has 106 valence electrons. The lowest BCUT2D eigenvalue weighted by molar-refractivity contribution is 0.0920. The molecule has 0 saturated carbocycles. The highest BCUT2D eigenvalue weighted by molar-refractivity contribution is 6.00. The molecule has 0 bridgehead atoms. The monoisotopic (exact) mass is 267 g/mol. The van der Waals surface area contributed by atoms with E-state index in [1.807, 2.05) is 11.8 Å². The van der Waals surface area contributed by atoms with E-state index in [2.05, 4.69) is 13.8 Å². The van der Waals surface area contributed by atoms with Gasteiger partial charge in [-0.05, 0) is 30.7 Å². The van der Waals surface area contributed by atoms with E-state index in [1.165, 1.54) is 6.07 Å². The number of carbonyl (C=O) groups is 1.